The van der Waals surface area contributed by atoms with Crippen LogP contribution in [-0.2, 0) is 14.6 Å². The highest BCUT2D eigenvalue weighted by molar-refractivity contribution is 7.90. The number of anilines is 1. The lowest BCUT2D eigenvalue weighted by molar-refractivity contribution is -0.132. The van der Waals surface area contributed by atoms with E-state index in [9.17, 15) is 13.2 Å². The molecule has 0 aromatic heterocycles. The highest BCUT2D eigenvalue weighted by atomic mass is 32.2. The first-order valence-electron chi connectivity index (χ1n) is 7.57. The quantitative estimate of drug-likeness (QED) is 0.843. The van der Waals surface area contributed by atoms with Crippen molar-refractivity contribution in [2.45, 2.75) is 32.4 Å². The molecule has 1 fully saturated rings. The van der Waals surface area contributed by atoms with E-state index in [1.807, 2.05) is 18.2 Å². The summed E-state index contributed by atoms with van der Waals surface area (Å²) < 4.78 is 22.4. The van der Waals surface area contributed by atoms with E-state index in [1.165, 1.54) is 6.26 Å². The predicted octanol–water partition coefficient (Wildman–Crippen LogP) is 1.55. The first kappa shape index (κ1) is 16.8. The molecular formula is C16H24N2O3S. The van der Waals surface area contributed by atoms with Crippen molar-refractivity contribution in [3.8, 4) is 0 Å². The van der Waals surface area contributed by atoms with E-state index in [2.05, 4.69) is 30.9 Å². The summed E-state index contributed by atoms with van der Waals surface area (Å²) in [4.78, 5) is 16.3. The Morgan fingerprint density at radius 3 is 2.18 bits per heavy atom. The Bertz CT molecular complexity index is 604. The molecule has 0 saturated carbocycles. The van der Waals surface area contributed by atoms with Crippen molar-refractivity contribution in [3.63, 3.8) is 0 Å². The maximum Gasteiger partial charge on any atom is 0.223 e. The van der Waals surface area contributed by atoms with E-state index < -0.39 is 9.84 Å². The summed E-state index contributed by atoms with van der Waals surface area (Å²) in [5, 5.41) is 0. The molecule has 0 spiro atoms. The van der Waals surface area contributed by atoms with Crippen molar-refractivity contribution >= 4 is 21.4 Å². The molecule has 122 valence electrons. The number of sulfone groups is 1. The fraction of sp³-hybridized carbons (Fsp3) is 0.562. The van der Waals surface area contributed by atoms with E-state index in [4.69, 9.17) is 0 Å². The Morgan fingerprint density at radius 2 is 1.68 bits per heavy atom. The van der Waals surface area contributed by atoms with Crippen LogP contribution in [0.5, 0.6) is 0 Å². The molecule has 1 aromatic carbocycles. The monoisotopic (exact) mass is 324 g/mol. The third kappa shape index (κ3) is 4.22. The Kier molecular flexibility index (Phi) is 5.11. The van der Waals surface area contributed by atoms with Crippen molar-refractivity contribution in [2.75, 3.05) is 30.0 Å². The molecular weight excluding hydrogens is 300 g/mol. The van der Waals surface area contributed by atoms with Gasteiger partial charge in [-0.1, -0.05) is 18.2 Å². The molecule has 6 heteroatoms. The van der Waals surface area contributed by atoms with Gasteiger partial charge in [-0.2, -0.15) is 0 Å². The van der Waals surface area contributed by atoms with Crippen molar-refractivity contribution in [3.05, 3.63) is 30.3 Å². The van der Waals surface area contributed by atoms with Crippen LogP contribution in [-0.4, -0.2) is 56.4 Å². The van der Waals surface area contributed by atoms with E-state index in [0.717, 1.165) is 5.69 Å². The van der Waals surface area contributed by atoms with Crippen LogP contribution in [0.4, 0.5) is 5.69 Å². The number of carbonyl (C=O) groups excluding carboxylic acids is 1. The lowest BCUT2D eigenvalue weighted by Gasteiger charge is -2.46. The van der Waals surface area contributed by atoms with Gasteiger partial charge >= 0.3 is 0 Å². The fourth-order valence-electron chi connectivity index (χ4n) is 3.07. The molecule has 2 rings (SSSR count). The molecule has 22 heavy (non-hydrogen) atoms. The highest BCUT2D eigenvalue weighted by Crippen LogP contribution is 2.24. The number of nitrogens with zero attached hydrogens (tertiary/aromatic N) is 2. The Morgan fingerprint density at radius 1 is 1.14 bits per heavy atom. The third-order valence-corrected chi connectivity index (χ3v) is 4.96. The first-order chi connectivity index (χ1) is 10.3. The molecule has 0 N–H and O–H groups in total. The standard InChI is InChI=1S/C16H24N2O3S/c1-13-11-17(16(19)9-10-22(3,20)21)12-14(2)18(13)15-7-5-4-6-8-15/h4-8,13-14H,9-12H2,1-3H3. The van der Waals surface area contributed by atoms with Crippen LogP contribution >= 0.6 is 0 Å². The highest BCUT2D eigenvalue weighted by Gasteiger charge is 2.31. The minimum atomic E-state index is -3.10. The molecule has 1 saturated heterocycles. The lowest BCUT2D eigenvalue weighted by atomic mass is 10.1. The van der Waals surface area contributed by atoms with Crippen LogP contribution in [0.3, 0.4) is 0 Å². The SMILES string of the molecule is CC1CN(C(=O)CCS(C)(=O)=O)CC(C)N1c1ccccc1. The summed E-state index contributed by atoms with van der Waals surface area (Å²) in [6.07, 6.45) is 1.24. The number of benzene rings is 1. The first-order valence-corrected chi connectivity index (χ1v) is 9.63. The summed E-state index contributed by atoms with van der Waals surface area (Å²) in [5.41, 5.74) is 1.16. The number of hydrogen-bond donors (Lipinski definition) is 0. The maximum absolute atomic E-state index is 12.2. The number of piperazine rings is 1. The van der Waals surface area contributed by atoms with Gasteiger partial charge in [0.15, 0.2) is 0 Å². The van der Waals surface area contributed by atoms with Crippen LogP contribution < -0.4 is 4.90 Å². The normalized spacial score (nSPS) is 22.7. The molecule has 1 aromatic rings. The molecule has 1 aliphatic rings. The second-order valence-electron chi connectivity index (χ2n) is 6.12. The van der Waals surface area contributed by atoms with E-state index in [0.29, 0.717) is 13.1 Å². The second-order valence-corrected chi connectivity index (χ2v) is 8.38. The van der Waals surface area contributed by atoms with Gasteiger partial charge in [-0.25, -0.2) is 8.42 Å². The molecule has 5 nitrogen and oxygen atoms in total. The molecule has 1 amide bonds. The number of carbonyl (C=O) groups is 1. The topological polar surface area (TPSA) is 57.7 Å². The van der Waals surface area contributed by atoms with Gasteiger partial charge in [0.25, 0.3) is 0 Å². The summed E-state index contributed by atoms with van der Waals surface area (Å²) in [7, 11) is -3.10. The molecule has 0 radical (unpaired) electrons. The van der Waals surface area contributed by atoms with Gasteiger partial charge in [-0.15, -0.1) is 0 Å². The number of rotatable bonds is 4. The number of hydrogen-bond acceptors (Lipinski definition) is 4. The van der Waals surface area contributed by atoms with Gasteiger partial charge in [0.05, 0.1) is 5.75 Å². The number of amides is 1. The molecule has 1 heterocycles. The van der Waals surface area contributed by atoms with E-state index in [1.54, 1.807) is 4.90 Å². The van der Waals surface area contributed by atoms with Gasteiger partial charge < -0.3 is 9.80 Å². The molecule has 0 bridgehead atoms. The average molecular weight is 324 g/mol. The maximum atomic E-state index is 12.2. The van der Waals surface area contributed by atoms with Crippen LogP contribution in [0.15, 0.2) is 30.3 Å². The van der Waals surface area contributed by atoms with E-state index >= 15 is 0 Å². The van der Waals surface area contributed by atoms with Gasteiger partial charge in [0.2, 0.25) is 5.91 Å². The zero-order valence-corrected chi connectivity index (χ0v) is 14.2. The van der Waals surface area contributed by atoms with Crippen LogP contribution in [0, 0.1) is 0 Å². The summed E-state index contributed by atoms with van der Waals surface area (Å²) in [6, 6.07) is 10.6. The van der Waals surface area contributed by atoms with Crippen LogP contribution in [0.25, 0.3) is 0 Å². The lowest BCUT2D eigenvalue weighted by Crippen LogP contribution is -2.58. The van der Waals surface area contributed by atoms with Gasteiger partial charge in [0, 0.05) is 43.5 Å². The second kappa shape index (κ2) is 6.69. The van der Waals surface area contributed by atoms with Crippen molar-refractivity contribution in [2.24, 2.45) is 0 Å². The number of para-hydroxylation sites is 1. The average Bonchev–Trinajstić information content (AvgIpc) is 2.44. The van der Waals surface area contributed by atoms with Gasteiger partial charge in [-0.3, -0.25) is 4.79 Å². The van der Waals surface area contributed by atoms with Crippen LogP contribution in [0.2, 0.25) is 0 Å². The minimum absolute atomic E-state index is 0.0724. The molecule has 0 aliphatic carbocycles. The zero-order valence-electron chi connectivity index (χ0n) is 13.4. The largest absolute Gasteiger partial charge is 0.363 e. The smallest absolute Gasteiger partial charge is 0.223 e. The zero-order chi connectivity index (χ0) is 16.3. The van der Waals surface area contributed by atoms with Crippen molar-refractivity contribution in [1.29, 1.82) is 0 Å². The summed E-state index contributed by atoms with van der Waals surface area (Å²) >= 11 is 0. The van der Waals surface area contributed by atoms with Gasteiger partial charge in [0.1, 0.15) is 9.84 Å². The Balaban J connectivity index is 2.02. The molecule has 1 aliphatic heterocycles. The van der Waals surface area contributed by atoms with Gasteiger partial charge in [-0.05, 0) is 26.0 Å². The Hall–Kier alpha value is -1.56. The Labute approximate surface area is 132 Å². The summed E-state index contributed by atoms with van der Waals surface area (Å²) in [5.74, 6) is -0.148. The minimum Gasteiger partial charge on any atom is -0.363 e. The van der Waals surface area contributed by atoms with Crippen LogP contribution in [0.1, 0.15) is 20.3 Å². The van der Waals surface area contributed by atoms with E-state index in [-0.39, 0.29) is 30.2 Å². The fourth-order valence-corrected chi connectivity index (χ4v) is 3.61. The van der Waals surface area contributed by atoms with Crippen molar-refractivity contribution < 1.29 is 13.2 Å². The third-order valence-electron chi connectivity index (χ3n) is 4.01. The predicted molar refractivity (Wildman–Crippen MR) is 88.8 cm³/mol. The van der Waals surface area contributed by atoms with Crippen molar-refractivity contribution in [1.82, 2.24) is 4.90 Å². The summed E-state index contributed by atoms with van der Waals surface area (Å²) in [6.45, 7) is 5.45. The molecule has 2 unspecified atom stereocenters. The molecule has 2 atom stereocenters.